The Kier molecular flexibility index (Phi) is 6.61. The Morgan fingerprint density at radius 1 is 0.973 bits per heavy atom. The van der Waals surface area contributed by atoms with Crippen molar-refractivity contribution in [3.05, 3.63) is 0 Å². The zero-order valence-corrected chi connectivity index (χ0v) is 24.7. The lowest BCUT2D eigenvalue weighted by Gasteiger charge is -2.63. The van der Waals surface area contributed by atoms with Crippen molar-refractivity contribution in [2.24, 2.45) is 50.7 Å². The number of carbonyl (C=O) groups excluding carboxylic acids is 1. The Balaban J connectivity index is 1.38. The number of hydrogen-bond acceptors (Lipinski definition) is 5. The Morgan fingerprint density at radius 3 is 2.27 bits per heavy atom. The largest absolute Gasteiger partial charge is 0.453 e. The van der Waals surface area contributed by atoms with E-state index in [1.165, 1.54) is 45.6 Å². The minimum atomic E-state index is -0.338. The molecule has 2 spiro atoms. The van der Waals surface area contributed by atoms with E-state index in [9.17, 15) is 15.0 Å². The first-order valence-corrected chi connectivity index (χ1v) is 14.9. The van der Waals surface area contributed by atoms with E-state index < -0.39 is 0 Å². The lowest BCUT2D eigenvalue weighted by molar-refractivity contribution is -0.182. The first-order valence-electron chi connectivity index (χ1n) is 14.9. The average molecular weight is 520 g/mol. The molecule has 0 saturated heterocycles. The second-order valence-corrected chi connectivity index (χ2v) is 15.0. The third kappa shape index (κ3) is 3.49. The number of methoxy groups -OCH3 is 2. The van der Waals surface area contributed by atoms with Gasteiger partial charge >= 0.3 is 6.09 Å². The topological polar surface area (TPSA) is 79.2 Å². The number of aliphatic hydroxyl groups is 2. The summed E-state index contributed by atoms with van der Waals surface area (Å²) in [6, 6.07) is 0. The molecule has 6 heteroatoms. The number of carbonyl (C=O) groups is 1. The molecule has 5 saturated carbocycles. The molecule has 212 valence electrons. The minimum absolute atomic E-state index is 0.00770. The molecule has 6 nitrogen and oxygen atoms in total. The summed E-state index contributed by atoms with van der Waals surface area (Å²) in [5.41, 5.74) is 0.746. The fourth-order valence-corrected chi connectivity index (χ4v) is 11.6. The molecule has 0 bridgehead atoms. The molecule has 0 aliphatic heterocycles. The normalized spacial score (nSPS) is 49.1. The van der Waals surface area contributed by atoms with Crippen molar-refractivity contribution < 1.29 is 24.5 Å². The monoisotopic (exact) mass is 519 g/mol. The highest BCUT2D eigenvalue weighted by molar-refractivity contribution is 5.66. The molecule has 37 heavy (non-hydrogen) atoms. The highest BCUT2D eigenvalue weighted by atomic mass is 16.5. The predicted octanol–water partition coefficient (Wildman–Crippen LogP) is 5.50. The van der Waals surface area contributed by atoms with E-state index in [0.717, 1.165) is 19.3 Å². The maximum absolute atomic E-state index is 12.0. The molecule has 5 aliphatic rings. The van der Waals surface area contributed by atoms with Crippen molar-refractivity contribution in [2.75, 3.05) is 27.8 Å². The van der Waals surface area contributed by atoms with Crippen molar-refractivity contribution in [3.8, 4) is 0 Å². The van der Waals surface area contributed by atoms with Crippen molar-refractivity contribution in [1.29, 1.82) is 0 Å². The van der Waals surface area contributed by atoms with Gasteiger partial charge in [0.1, 0.15) is 0 Å². The summed E-state index contributed by atoms with van der Waals surface area (Å²) in [6.45, 7) is 12.4. The number of rotatable bonds is 6. The summed E-state index contributed by atoms with van der Waals surface area (Å²) in [7, 11) is 4.90. The smallest absolute Gasteiger partial charge is 0.409 e. The van der Waals surface area contributed by atoms with Gasteiger partial charge in [-0.3, -0.25) is 0 Å². The van der Waals surface area contributed by atoms with E-state index in [1.54, 1.807) is 19.1 Å². The number of amides is 1. The molecule has 11 atom stereocenters. The molecular formula is C31H53NO5. The van der Waals surface area contributed by atoms with Crippen molar-refractivity contribution in [1.82, 2.24) is 4.90 Å². The third-order valence-corrected chi connectivity index (χ3v) is 13.8. The van der Waals surface area contributed by atoms with Crippen LogP contribution < -0.4 is 0 Å². The van der Waals surface area contributed by atoms with Gasteiger partial charge in [0.25, 0.3) is 0 Å². The van der Waals surface area contributed by atoms with Gasteiger partial charge in [-0.25, -0.2) is 4.79 Å². The van der Waals surface area contributed by atoms with Crippen LogP contribution in [-0.4, -0.2) is 67.3 Å². The van der Waals surface area contributed by atoms with Crippen molar-refractivity contribution in [3.63, 3.8) is 0 Å². The zero-order chi connectivity index (χ0) is 27.2. The molecule has 0 aromatic carbocycles. The molecule has 0 aromatic rings. The number of hydrogen-bond donors (Lipinski definition) is 2. The summed E-state index contributed by atoms with van der Waals surface area (Å²) in [4.78, 5) is 13.5. The molecule has 2 N–H and O–H groups in total. The Labute approximate surface area is 224 Å². The summed E-state index contributed by atoms with van der Waals surface area (Å²) in [6.07, 6.45) is 9.16. The van der Waals surface area contributed by atoms with Gasteiger partial charge in [0, 0.05) is 26.1 Å². The average Bonchev–Trinajstić information content (AvgIpc) is 3.48. The van der Waals surface area contributed by atoms with Crippen LogP contribution >= 0.6 is 0 Å². The second-order valence-electron chi connectivity index (χ2n) is 15.0. The quantitative estimate of drug-likeness (QED) is 0.485. The summed E-state index contributed by atoms with van der Waals surface area (Å²) in [5.74, 6) is 2.00. The van der Waals surface area contributed by atoms with E-state index in [-0.39, 0.29) is 40.7 Å². The predicted molar refractivity (Wildman–Crippen MR) is 144 cm³/mol. The van der Waals surface area contributed by atoms with Crippen LogP contribution in [0.2, 0.25) is 0 Å². The van der Waals surface area contributed by atoms with Gasteiger partial charge in [0.2, 0.25) is 0 Å². The number of fused-ring (bicyclic) bond motifs is 2. The van der Waals surface area contributed by atoms with Gasteiger partial charge in [-0.1, -0.05) is 34.6 Å². The molecule has 5 aliphatic carbocycles. The van der Waals surface area contributed by atoms with E-state index in [4.69, 9.17) is 9.47 Å². The molecule has 5 fully saturated rings. The summed E-state index contributed by atoms with van der Waals surface area (Å²) < 4.78 is 10.7. The third-order valence-electron chi connectivity index (χ3n) is 13.8. The fraction of sp³-hybridized carbons (Fsp3) is 0.968. The van der Waals surface area contributed by atoms with Crippen LogP contribution in [0.1, 0.15) is 92.4 Å². The van der Waals surface area contributed by atoms with Gasteiger partial charge in [-0.2, -0.15) is 0 Å². The van der Waals surface area contributed by atoms with E-state index >= 15 is 0 Å². The van der Waals surface area contributed by atoms with E-state index in [0.29, 0.717) is 41.0 Å². The van der Waals surface area contributed by atoms with Gasteiger partial charge in [0.05, 0.1) is 25.4 Å². The molecule has 0 aromatic heterocycles. The van der Waals surface area contributed by atoms with Crippen LogP contribution in [0.3, 0.4) is 0 Å². The van der Waals surface area contributed by atoms with Crippen LogP contribution in [0.4, 0.5) is 4.79 Å². The number of aliphatic hydroxyl groups excluding tert-OH is 2. The second kappa shape index (κ2) is 8.83. The first kappa shape index (κ1) is 27.7. The molecule has 0 heterocycles. The Hall–Kier alpha value is -0.850. The van der Waals surface area contributed by atoms with E-state index in [2.05, 4.69) is 34.6 Å². The van der Waals surface area contributed by atoms with E-state index in [1.807, 2.05) is 0 Å². The van der Waals surface area contributed by atoms with Crippen molar-refractivity contribution in [2.45, 2.75) is 111 Å². The first-order chi connectivity index (χ1) is 17.2. The number of likely N-dealkylation sites (N-methyl/N-ethyl adjacent to an activating group) is 1. The maximum atomic E-state index is 12.0. The lowest BCUT2D eigenvalue weighted by atomic mass is 9.41. The minimum Gasteiger partial charge on any atom is -0.453 e. The van der Waals surface area contributed by atoms with Crippen LogP contribution in [0.15, 0.2) is 0 Å². The highest BCUT2D eigenvalue weighted by Crippen LogP contribution is 2.89. The standard InChI is InChI=1S/C31H53NO5/c1-19(15-20(36-7)17-32(6)26(35)37-8)21-16-25(34)29(5)23-10-9-22-27(2,3)24(33)11-12-30(22)18-31(23,30)14-13-28(21,29)4/h19-25,33-34H,9-18H2,1-8H3/t19-,20?,21-,22+,23?,24+,25+,28-,29-,30-,31?/m1/s1. The Bertz CT molecular complexity index is 908. The highest BCUT2D eigenvalue weighted by Gasteiger charge is 2.83. The molecule has 1 amide bonds. The maximum Gasteiger partial charge on any atom is 0.409 e. The Morgan fingerprint density at radius 2 is 1.62 bits per heavy atom. The molecule has 3 unspecified atom stereocenters. The van der Waals surface area contributed by atoms with Gasteiger partial charge < -0.3 is 24.6 Å². The van der Waals surface area contributed by atoms with Crippen molar-refractivity contribution >= 4 is 6.09 Å². The number of nitrogens with zero attached hydrogens (tertiary/aromatic N) is 1. The zero-order valence-electron chi connectivity index (χ0n) is 24.7. The fourth-order valence-electron chi connectivity index (χ4n) is 11.6. The summed E-state index contributed by atoms with van der Waals surface area (Å²) in [5, 5.41) is 22.8. The lowest BCUT2D eigenvalue weighted by Crippen LogP contribution is -2.59. The number of ether oxygens (including phenoxy) is 2. The molecule has 5 rings (SSSR count). The van der Waals surface area contributed by atoms with Crippen LogP contribution in [0.5, 0.6) is 0 Å². The van der Waals surface area contributed by atoms with Crippen LogP contribution in [-0.2, 0) is 9.47 Å². The van der Waals surface area contributed by atoms with Crippen LogP contribution in [0, 0.1) is 50.7 Å². The SMILES string of the molecule is COC(=O)N(C)CC(C[C@@H](C)[C@H]1C[C@H](O)[C@@]2(C)C3CC[C@H]4C(C)(C)[C@@H](O)CC[C@@]45CC35CC[C@]12C)OC. The molecule has 0 radical (unpaired) electrons. The van der Waals surface area contributed by atoms with Crippen LogP contribution in [0.25, 0.3) is 0 Å². The van der Waals surface area contributed by atoms with Gasteiger partial charge in [0.15, 0.2) is 0 Å². The van der Waals surface area contributed by atoms with Gasteiger partial charge in [-0.15, -0.1) is 0 Å². The summed E-state index contributed by atoms with van der Waals surface area (Å²) >= 11 is 0. The molecular weight excluding hydrogens is 466 g/mol. The van der Waals surface area contributed by atoms with Gasteiger partial charge in [-0.05, 0) is 103 Å².